The molecule has 0 radical (unpaired) electrons. The third-order valence-electron chi connectivity index (χ3n) is 3.00. The molecule has 0 aliphatic rings. The molecule has 1 unspecified atom stereocenters. The highest BCUT2D eigenvalue weighted by molar-refractivity contribution is 7.89. The second-order valence-corrected chi connectivity index (χ2v) is 6.98. The van der Waals surface area contributed by atoms with Gasteiger partial charge in [0.1, 0.15) is 5.75 Å². The van der Waals surface area contributed by atoms with E-state index in [2.05, 4.69) is 5.32 Å². The molecule has 0 fully saturated rings. The lowest BCUT2D eigenvalue weighted by Crippen LogP contribution is -2.38. The van der Waals surface area contributed by atoms with Gasteiger partial charge in [-0.3, -0.25) is 0 Å². The van der Waals surface area contributed by atoms with Crippen molar-refractivity contribution in [1.29, 1.82) is 0 Å². The van der Waals surface area contributed by atoms with E-state index in [4.69, 9.17) is 4.74 Å². The number of nitrogens with zero attached hydrogens (tertiary/aromatic N) is 1. The summed E-state index contributed by atoms with van der Waals surface area (Å²) in [6.45, 7) is 2.51. The summed E-state index contributed by atoms with van der Waals surface area (Å²) in [7, 11) is 1.68. The topological polar surface area (TPSA) is 58.6 Å². The molecule has 0 bridgehead atoms. The molecule has 6 heteroatoms. The van der Waals surface area contributed by atoms with E-state index >= 15 is 0 Å². The summed E-state index contributed by atoms with van der Waals surface area (Å²) in [6.07, 6.45) is 0. The average Bonchev–Trinajstić information content (AvgIpc) is 2.39. The van der Waals surface area contributed by atoms with Crippen molar-refractivity contribution < 1.29 is 13.2 Å². The maximum absolute atomic E-state index is 12.2. The van der Waals surface area contributed by atoms with Gasteiger partial charge >= 0.3 is 0 Å². The van der Waals surface area contributed by atoms with Crippen LogP contribution in [-0.4, -0.2) is 45.7 Å². The molecule has 1 rings (SSSR count). The first-order chi connectivity index (χ1) is 8.91. The Bertz CT molecular complexity index is 485. The maximum Gasteiger partial charge on any atom is 0.218 e. The molecule has 0 aliphatic heterocycles. The standard InChI is InChI=1S/C13H22N2O3S/c1-11(9-14-2)19(16,17)15(3)10-12-5-7-13(18-4)8-6-12/h5-8,11,14H,9-10H2,1-4H3. The zero-order chi connectivity index (χ0) is 14.5. The van der Waals surface area contributed by atoms with Crippen LogP contribution in [0.1, 0.15) is 12.5 Å². The molecule has 0 heterocycles. The largest absolute Gasteiger partial charge is 0.497 e. The minimum Gasteiger partial charge on any atom is -0.497 e. The van der Waals surface area contributed by atoms with Crippen LogP contribution < -0.4 is 10.1 Å². The number of nitrogens with one attached hydrogen (secondary N) is 1. The summed E-state index contributed by atoms with van der Waals surface area (Å²) >= 11 is 0. The number of hydrogen-bond donors (Lipinski definition) is 1. The van der Waals surface area contributed by atoms with Gasteiger partial charge in [-0.2, -0.15) is 0 Å². The van der Waals surface area contributed by atoms with E-state index in [9.17, 15) is 8.42 Å². The van der Waals surface area contributed by atoms with Crippen molar-refractivity contribution in [1.82, 2.24) is 9.62 Å². The van der Waals surface area contributed by atoms with Gasteiger partial charge < -0.3 is 10.1 Å². The predicted molar refractivity (Wildman–Crippen MR) is 76.8 cm³/mol. The molecule has 19 heavy (non-hydrogen) atoms. The van der Waals surface area contributed by atoms with Crippen LogP contribution in [0.15, 0.2) is 24.3 Å². The van der Waals surface area contributed by atoms with E-state index in [0.29, 0.717) is 13.1 Å². The Balaban J connectivity index is 2.75. The Morgan fingerprint density at radius 1 is 1.32 bits per heavy atom. The predicted octanol–water partition coefficient (Wildman–Crippen LogP) is 1.06. The molecule has 1 atom stereocenters. The number of ether oxygens (including phenoxy) is 1. The zero-order valence-electron chi connectivity index (χ0n) is 11.9. The molecular formula is C13H22N2O3S. The van der Waals surface area contributed by atoms with Gasteiger partial charge in [-0.05, 0) is 31.7 Å². The minimum absolute atomic E-state index is 0.361. The van der Waals surface area contributed by atoms with Gasteiger partial charge in [-0.1, -0.05) is 12.1 Å². The van der Waals surface area contributed by atoms with Crippen LogP contribution in [0.25, 0.3) is 0 Å². The second-order valence-electron chi connectivity index (χ2n) is 4.52. The number of rotatable bonds is 7. The molecule has 108 valence electrons. The van der Waals surface area contributed by atoms with Gasteiger partial charge in [0, 0.05) is 20.1 Å². The molecule has 1 aromatic rings. The molecule has 0 aliphatic carbocycles. The third-order valence-corrected chi connectivity index (χ3v) is 5.18. The van der Waals surface area contributed by atoms with Crippen LogP contribution in [0.2, 0.25) is 0 Å². The number of methoxy groups -OCH3 is 1. The fourth-order valence-electron chi connectivity index (χ4n) is 1.78. The molecule has 0 aromatic heterocycles. The number of sulfonamides is 1. The Morgan fingerprint density at radius 3 is 2.37 bits per heavy atom. The summed E-state index contributed by atoms with van der Waals surface area (Å²) in [4.78, 5) is 0. The van der Waals surface area contributed by atoms with Crippen molar-refractivity contribution in [2.75, 3.05) is 27.7 Å². The van der Waals surface area contributed by atoms with Crippen molar-refractivity contribution in [3.63, 3.8) is 0 Å². The van der Waals surface area contributed by atoms with Crippen molar-refractivity contribution >= 4 is 10.0 Å². The lowest BCUT2D eigenvalue weighted by atomic mass is 10.2. The smallest absolute Gasteiger partial charge is 0.218 e. The van der Waals surface area contributed by atoms with Crippen molar-refractivity contribution in [2.45, 2.75) is 18.7 Å². The Labute approximate surface area is 115 Å². The van der Waals surface area contributed by atoms with E-state index in [1.54, 1.807) is 28.1 Å². The highest BCUT2D eigenvalue weighted by Crippen LogP contribution is 2.15. The lowest BCUT2D eigenvalue weighted by molar-refractivity contribution is 0.414. The molecule has 1 aromatic carbocycles. The van der Waals surface area contributed by atoms with Crippen LogP contribution in [0.4, 0.5) is 0 Å². The molecular weight excluding hydrogens is 264 g/mol. The van der Waals surface area contributed by atoms with E-state index in [1.807, 2.05) is 24.3 Å². The van der Waals surface area contributed by atoms with Gasteiger partial charge in [0.2, 0.25) is 10.0 Å². The molecule has 1 N–H and O–H groups in total. The normalized spacial score (nSPS) is 13.5. The van der Waals surface area contributed by atoms with Crippen LogP contribution in [-0.2, 0) is 16.6 Å². The zero-order valence-corrected chi connectivity index (χ0v) is 12.7. The third kappa shape index (κ3) is 4.19. The maximum atomic E-state index is 12.2. The summed E-state index contributed by atoms with van der Waals surface area (Å²) in [5.41, 5.74) is 0.934. The number of hydrogen-bond acceptors (Lipinski definition) is 4. The highest BCUT2D eigenvalue weighted by atomic mass is 32.2. The van der Waals surface area contributed by atoms with Gasteiger partial charge in [0.05, 0.1) is 12.4 Å². The minimum atomic E-state index is -3.28. The first kappa shape index (κ1) is 15.9. The first-order valence-corrected chi connectivity index (χ1v) is 7.64. The molecule has 0 amide bonds. The van der Waals surface area contributed by atoms with E-state index < -0.39 is 15.3 Å². The van der Waals surface area contributed by atoms with Crippen molar-refractivity contribution in [3.05, 3.63) is 29.8 Å². The van der Waals surface area contributed by atoms with Gasteiger partial charge in [-0.15, -0.1) is 0 Å². The molecule has 0 spiro atoms. The lowest BCUT2D eigenvalue weighted by Gasteiger charge is -2.22. The van der Waals surface area contributed by atoms with Crippen molar-refractivity contribution in [3.8, 4) is 5.75 Å². The van der Waals surface area contributed by atoms with Crippen LogP contribution in [0.3, 0.4) is 0 Å². The van der Waals surface area contributed by atoms with Gasteiger partial charge in [0.25, 0.3) is 0 Å². The molecule has 0 saturated heterocycles. The molecule has 5 nitrogen and oxygen atoms in total. The fraction of sp³-hybridized carbons (Fsp3) is 0.538. The first-order valence-electron chi connectivity index (χ1n) is 6.14. The second kappa shape index (κ2) is 6.88. The fourth-order valence-corrected chi connectivity index (χ4v) is 3.10. The van der Waals surface area contributed by atoms with E-state index in [-0.39, 0.29) is 0 Å². The quantitative estimate of drug-likeness (QED) is 0.814. The van der Waals surface area contributed by atoms with Crippen molar-refractivity contribution in [2.24, 2.45) is 0 Å². The van der Waals surface area contributed by atoms with E-state index in [0.717, 1.165) is 11.3 Å². The average molecular weight is 286 g/mol. The molecule has 0 saturated carbocycles. The Hall–Kier alpha value is -1.11. The van der Waals surface area contributed by atoms with Gasteiger partial charge in [0.15, 0.2) is 0 Å². The summed E-state index contributed by atoms with van der Waals surface area (Å²) in [5.74, 6) is 0.762. The SMILES string of the molecule is CNCC(C)S(=O)(=O)N(C)Cc1ccc(OC)cc1. The Kier molecular flexibility index (Phi) is 5.78. The van der Waals surface area contributed by atoms with Crippen LogP contribution in [0, 0.1) is 0 Å². The van der Waals surface area contributed by atoms with Gasteiger partial charge in [-0.25, -0.2) is 12.7 Å². The monoisotopic (exact) mass is 286 g/mol. The van der Waals surface area contributed by atoms with E-state index in [1.165, 1.54) is 4.31 Å². The highest BCUT2D eigenvalue weighted by Gasteiger charge is 2.25. The summed E-state index contributed by atoms with van der Waals surface area (Å²) in [6, 6.07) is 7.39. The summed E-state index contributed by atoms with van der Waals surface area (Å²) in [5, 5.41) is 2.44. The van der Waals surface area contributed by atoms with Crippen LogP contribution >= 0.6 is 0 Å². The number of benzene rings is 1. The van der Waals surface area contributed by atoms with Crippen LogP contribution in [0.5, 0.6) is 5.75 Å². The summed E-state index contributed by atoms with van der Waals surface area (Å²) < 4.78 is 30.9. The Morgan fingerprint density at radius 2 is 1.89 bits per heavy atom.